The van der Waals surface area contributed by atoms with E-state index in [0.29, 0.717) is 17.9 Å². The summed E-state index contributed by atoms with van der Waals surface area (Å²) in [5.41, 5.74) is 0.447. The first kappa shape index (κ1) is 22.7. The first-order valence-electron chi connectivity index (χ1n) is 11.1. The van der Waals surface area contributed by atoms with E-state index in [1.165, 1.54) is 44.1 Å². The van der Waals surface area contributed by atoms with Crippen LogP contribution in [0.25, 0.3) is 0 Å². The molecule has 0 spiro atoms. The molecule has 30 heavy (non-hydrogen) atoms. The highest BCUT2D eigenvalue weighted by molar-refractivity contribution is 5.50. The average Bonchev–Trinajstić information content (AvgIpc) is 2.73. The van der Waals surface area contributed by atoms with Gasteiger partial charge in [0.25, 0.3) is 0 Å². The molecule has 0 atom stereocenters. The standard InChI is InChI=1S/C26H30F4/c1-3-5-19-7-12-21(13-8-19)22-14-9-20(10-15-22)11-16-24-18-17-23(6-4-2)25(27,28)26(24,29)30/h9-10,14-15,17-19,21H,3-8,12-13H2,1-2H3. The van der Waals surface area contributed by atoms with Gasteiger partial charge in [-0.2, -0.15) is 17.6 Å². The van der Waals surface area contributed by atoms with E-state index < -0.39 is 23.0 Å². The van der Waals surface area contributed by atoms with E-state index in [1.54, 1.807) is 19.1 Å². The number of benzene rings is 1. The van der Waals surface area contributed by atoms with Crippen LogP contribution in [0.2, 0.25) is 0 Å². The van der Waals surface area contributed by atoms with Gasteiger partial charge in [-0.1, -0.05) is 63.2 Å². The van der Waals surface area contributed by atoms with Crippen molar-refractivity contribution in [2.24, 2.45) is 5.92 Å². The van der Waals surface area contributed by atoms with Crippen LogP contribution in [0.15, 0.2) is 47.6 Å². The average molecular weight is 419 g/mol. The quantitative estimate of drug-likeness (QED) is 0.335. The summed E-state index contributed by atoms with van der Waals surface area (Å²) < 4.78 is 57.1. The molecule has 0 amide bonds. The van der Waals surface area contributed by atoms with Crippen molar-refractivity contribution in [3.05, 3.63) is 58.7 Å². The molecule has 2 aliphatic rings. The maximum Gasteiger partial charge on any atom is 0.346 e. The molecule has 0 aromatic heterocycles. The summed E-state index contributed by atoms with van der Waals surface area (Å²) in [6.45, 7) is 3.92. The van der Waals surface area contributed by atoms with E-state index in [0.717, 1.165) is 18.1 Å². The summed E-state index contributed by atoms with van der Waals surface area (Å²) in [6.07, 6.45) is 9.88. The van der Waals surface area contributed by atoms with E-state index in [-0.39, 0.29) is 6.42 Å². The molecule has 4 heteroatoms. The van der Waals surface area contributed by atoms with Crippen molar-refractivity contribution < 1.29 is 17.6 Å². The Bertz CT molecular complexity index is 841. The zero-order chi connectivity index (χ0) is 21.8. The summed E-state index contributed by atoms with van der Waals surface area (Å²) in [6, 6.07) is 7.60. The van der Waals surface area contributed by atoms with Gasteiger partial charge in [0, 0.05) is 11.1 Å². The SMILES string of the molecule is CCCC1=CC=C(C#Cc2ccc(C3CCC(CCC)CC3)cc2)C(F)(F)C1(F)F. The Morgan fingerprint density at radius 3 is 2.10 bits per heavy atom. The van der Waals surface area contributed by atoms with Gasteiger partial charge in [0.1, 0.15) is 0 Å². The van der Waals surface area contributed by atoms with Crippen LogP contribution in [0.1, 0.15) is 82.3 Å². The summed E-state index contributed by atoms with van der Waals surface area (Å²) >= 11 is 0. The highest BCUT2D eigenvalue weighted by Crippen LogP contribution is 2.48. The largest absolute Gasteiger partial charge is 0.346 e. The number of allylic oxidation sites excluding steroid dienone is 4. The molecular formula is C26H30F4. The Balaban J connectivity index is 1.71. The Labute approximate surface area is 177 Å². The van der Waals surface area contributed by atoms with E-state index in [9.17, 15) is 17.6 Å². The molecule has 0 heterocycles. The van der Waals surface area contributed by atoms with E-state index >= 15 is 0 Å². The third-order valence-electron chi connectivity index (χ3n) is 6.37. The van der Waals surface area contributed by atoms with Gasteiger partial charge in [-0.3, -0.25) is 0 Å². The van der Waals surface area contributed by atoms with Gasteiger partial charge in [0.2, 0.25) is 0 Å². The first-order chi connectivity index (χ1) is 14.3. The van der Waals surface area contributed by atoms with Crippen molar-refractivity contribution >= 4 is 0 Å². The van der Waals surface area contributed by atoms with Crippen LogP contribution < -0.4 is 0 Å². The van der Waals surface area contributed by atoms with E-state index in [1.807, 2.05) is 12.1 Å². The van der Waals surface area contributed by atoms with Gasteiger partial charge >= 0.3 is 11.8 Å². The molecule has 0 saturated heterocycles. The fourth-order valence-electron chi connectivity index (χ4n) is 4.56. The zero-order valence-corrected chi connectivity index (χ0v) is 17.8. The molecule has 1 aromatic rings. The van der Waals surface area contributed by atoms with Gasteiger partial charge in [0.15, 0.2) is 0 Å². The van der Waals surface area contributed by atoms with Crippen LogP contribution in [0, 0.1) is 17.8 Å². The normalized spacial score (nSPS) is 25.0. The van der Waals surface area contributed by atoms with Gasteiger partial charge in [-0.25, -0.2) is 0 Å². The van der Waals surface area contributed by atoms with Crippen LogP contribution in [0.5, 0.6) is 0 Å². The minimum Gasteiger partial charge on any atom is -0.194 e. The topological polar surface area (TPSA) is 0 Å². The van der Waals surface area contributed by atoms with Crippen molar-refractivity contribution in [3.63, 3.8) is 0 Å². The number of halogens is 4. The molecule has 1 fully saturated rings. The van der Waals surface area contributed by atoms with E-state index in [4.69, 9.17) is 0 Å². The van der Waals surface area contributed by atoms with Gasteiger partial charge in [-0.05, 0) is 67.7 Å². The van der Waals surface area contributed by atoms with Crippen molar-refractivity contribution in [2.75, 3.05) is 0 Å². The Hall–Kier alpha value is -2.02. The molecule has 162 valence electrons. The van der Waals surface area contributed by atoms with Crippen LogP contribution in [0.4, 0.5) is 17.6 Å². The number of rotatable bonds is 5. The Morgan fingerprint density at radius 2 is 1.50 bits per heavy atom. The predicted octanol–water partition coefficient (Wildman–Crippen LogP) is 8.05. The zero-order valence-electron chi connectivity index (χ0n) is 17.8. The van der Waals surface area contributed by atoms with Crippen molar-refractivity contribution in [1.82, 2.24) is 0 Å². The molecule has 3 rings (SSSR count). The lowest BCUT2D eigenvalue weighted by molar-refractivity contribution is -0.161. The molecule has 0 nitrogen and oxygen atoms in total. The number of alkyl halides is 4. The molecule has 1 aromatic carbocycles. The third kappa shape index (κ3) is 4.66. The molecule has 1 saturated carbocycles. The number of hydrogen-bond donors (Lipinski definition) is 0. The lowest BCUT2D eigenvalue weighted by Crippen LogP contribution is -2.45. The van der Waals surface area contributed by atoms with Gasteiger partial charge < -0.3 is 0 Å². The molecular weight excluding hydrogens is 388 g/mol. The predicted molar refractivity (Wildman–Crippen MR) is 114 cm³/mol. The maximum atomic E-state index is 14.4. The van der Waals surface area contributed by atoms with Crippen LogP contribution in [-0.4, -0.2) is 11.8 Å². The summed E-state index contributed by atoms with van der Waals surface area (Å²) in [5.74, 6) is -2.15. The molecule has 0 bridgehead atoms. The monoisotopic (exact) mass is 418 g/mol. The molecule has 0 unspecified atom stereocenters. The first-order valence-corrected chi connectivity index (χ1v) is 11.1. The second-order valence-electron chi connectivity index (χ2n) is 8.55. The highest BCUT2D eigenvalue weighted by atomic mass is 19.3. The van der Waals surface area contributed by atoms with E-state index in [2.05, 4.69) is 18.8 Å². The third-order valence-corrected chi connectivity index (χ3v) is 6.37. The van der Waals surface area contributed by atoms with Crippen LogP contribution in [-0.2, 0) is 0 Å². The van der Waals surface area contributed by atoms with Crippen LogP contribution in [0.3, 0.4) is 0 Å². The fraction of sp³-hybridized carbons (Fsp3) is 0.538. The smallest absolute Gasteiger partial charge is 0.194 e. The van der Waals surface area contributed by atoms with Crippen molar-refractivity contribution in [1.29, 1.82) is 0 Å². The van der Waals surface area contributed by atoms with Gasteiger partial charge in [-0.15, -0.1) is 0 Å². The summed E-state index contributed by atoms with van der Waals surface area (Å²) in [4.78, 5) is 0. The van der Waals surface area contributed by atoms with Crippen LogP contribution >= 0.6 is 0 Å². The second-order valence-corrected chi connectivity index (χ2v) is 8.55. The Morgan fingerprint density at radius 1 is 0.833 bits per heavy atom. The maximum absolute atomic E-state index is 14.4. The lowest BCUT2D eigenvalue weighted by atomic mass is 9.77. The summed E-state index contributed by atoms with van der Waals surface area (Å²) in [7, 11) is 0. The van der Waals surface area contributed by atoms with Gasteiger partial charge in [0.05, 0.1) is 5.57 Å². The second kappa shape index (κ2) is 9.41. The molecule has 0 N–H and O–H groups in total. The van der Waals surface area contributed by atoms with Crippen molar-refractivity contribution in [3.8, 4) is 11.8 Å². The minimum atomic E-state index is -4.28. The fourth-order valence-corrected chi connectivity index (χ4v) is 4.56. The Kier molecular flexibility index (Phi) is 7.11. The number of hydrogen-bond acceptors (Lipinski definition) is 0. The van der Waals surface area contributed by atoms with Crippen molar-refractivity contribution in [2.45, 2.75) is 83.0 Å². The highest BCUT2D eigenvalue weighted by Gasteiger charge is 2.61. The molecule has 2 aliphatic carbocycles. The minimum absolute atomic E-state index is 0.0539. The summed E-state index contributed by atoms with van der Waals surface area (Å²) in [5, 5.41) is 0. The molecule has 0 aliphatic heterocycles. The lowest BCUT2D eigenvalue weighted by Gasteiger charge is -2.31. The molecule has 0 radical (unpaired) electrons.